The van der Waals surface area contributed by atoms with Gasteiger partial charge in [-0.3, -0.25) is 4.98 Å². The van der Waals surface area contributed by atoms with Crippen molar-refractivity contribution in [2.45, 2.75) is 4.90 Å². The number of nitrogens with two attached hydrogens (primary N) is 1. The zero-order valence-corrected chi connectivity index (χ0v) is 10.4. The molecule has 0 aliphatic rings. The Morgan fingerprint density at radius 1 is 1.24 bits per heavy atom. The number of anilines is 1. The predicted octanol–water partition coefficient (Wildman–Crippen LogP) is 1.07. The Hall–Kier alpha value is -1.66. The van der Waals surface area contributed by atoms with Gasteiger partial charge in [-0.05, 0) is 24.3 Å². The van der Waals surface area contributed by atoms with Gasteiger partial charge in [0.05, 0.1) is 5.52 Å². The van der Waals surface area contributed by atoms with Crippen LogP contribution in [-0.4, -0.2) is 31.8 Å². The molecule has 0 unspecified atom stereocenters. The minimum atomic E-state index is -3.50. The van der Waals surface area contributed by atoms with Crippen molar-refractivity contribution in [3.8, 4) is 0 Å². The highest BCUT2D eigenvalue weighted by molar-refractivity contribution is 7.89. The number of nitrogen functional groups attached to an aromatic ring is 1. The van der Waals surface area contributed by atoms with Crippen molar-refractivity contribution in [3.63, 3.8) is 0 Å². The van der Waals surface area contributed by atoms with Crippen molar-refractivity contribution >= 4 is 26.6 Å². The molecule has 1 heterocycles. The molecule has 0 bridgehead atoms. The molecule has 0 aliphatic carbocycles. The highest BCUT2D eigenvalue weighted by atomic mass is 32.2. The molecule has 90 valence electrons. The smallest absolute Gasteiger partial charge is 0.244 e. The Bertz CT molecular complexity index is 665. The van der Waals surface area contributed by atoms with Crippen molar-refractivity contribution in [1.82, 2.24) is 9.29 Å². The number of hydrogen-bond acceptors (Lipinski definition) is 4. The molecule has 6 heteroatoms. The highest BCUT2D eigenvalue weighted by Crippen LogP contribution is 2.26. The molecule has 0 spiro atoms. The largest absolute Gasteiger partial charge is 0.398 e. The third-order valence-corrected chi connectivity index (χ3v) is 4.37. The lowest BCUT2D eigenvalue weighted by molar-refractivity contribution is 0.521. The molecule has 1 aromatic heterocycles. The number of pyridine rings is 1. The van der Waals surface area contributed by atoms with E-state index in [9.17, 15) is 8.42 Å². The first kappa shape index (κ1) is 11.8. The fraction of sp³-hybridized carbons (Fsp3) is 0.182. The molecule has 0 atom stereocenters. The molecule has 0 radical (unpaired) electrons. The molecule has 0 amide bonds. The fourth-order valence-electron chi connectivity index (χ4n) is 1.57. The summed E-state index contributed by atoms with van der Waals surface area (Å²) < 4.78 is 25.4. The summed E-state index contributed by atoms with van der Waals surface area (Å²) in [7, 11) is -0.532. The first-order valence-electron chi connectivity index (χ1n) is 5.00. The van der Waals surface area contributed by atoms with Gasteiger partial charge >= 0.3 is 0 Å². The molecule has 0 saturated heterocycles. The van der Waals surface area contributed by atoms with Crippen molar-refractivity contribution in [1.29, 1.82) is 0 Å². The van der Waals surface area contributed by atoms with Crippen LogP contribution in [0.1, 0.15) is 0 Å². The van der Waals surface area contributed by atoms with Crippen LogP contribution in [0.25, 0.3) is 10.9 Å². The molecular weight excluding hydrogens is 238 g/mol. The predicted molar refractivity (Wildman–Crippen MR) is 67.0 cm³/mol. The van der Waals surface area contributed by atoms with E-state index in [1.807, 2.05) is 0 Å². The molecule has 0 fully saturated rings. The monoisotopic (exact) mass is 251 g/mol. The second-order valence-corrected chi connectivity index (χ2v) is 5.96. The highest BCUT2D eigenvalue weighted by Gasteiger charge is 2.21. The molecule has 0 aliphatic heterocycles. The number of aromatic nitrogens is 1. The lowest BCUT2D eigenvalue weighted by Crippen LogP contribution is -2.22. The second-order valence-electron chi connectivity index (χ2n) is 3.84. The van der Waals surface area contributed by atoms with Crippen LogP contribution in [0.15, 0.2) is 35.4 Å². The standard InChI is InChI=1S/C11H13N3O2S/c1-14(2)17(15,16)10-6-5-9(12)8-4-3-7-13-11(8)10/h3-7H,12H2,1-2H3. The van der Waals surface area contributed by atoms with Gasteiger partial charge in [0.25, 0.3) is 0 Å². The van der Waals surface area contributed by atoms with E-state index in [0.717, 1.165) is 4.31 Å². The van der Waals surface area contributed by atoms with E-state index in [1.54, 1.807) is 24.4 Å². The van der Waals surface area contributed by atoms with Gasteiger partial charge in [0.2, 0.25) is 10.0 Å². The van der Waals surface area contributed by atoms with Crippen LogP contribution in [0.3, 0.4) is 0 Å². The van der Waals surface area contributed by atoms with Crippen molar-refractivity contribution in [3.05, 3.63) is 30.5 Å². The molecule has 1 aromatic carbocycles. The van der Waals surface area contributed by atoms with E-state index in [1.165, 1.54) is 20.2 Å². The number of rotatable bonds is 2. The molecule has 2 rings (SSSR count). The van der Waals surface area contributed by atoms with Gasteiger partial charge in [-0.25, -0.2) is 12.7 Å². The first-order valence-corrected chi connectivity index (χ1v) is 6.44. The average Bonchev–Trinajstić information content (AvgIpc) is 2.29. The van der Waals surface area contributed by atoms with Crippen LogP contribution in [0.5, 0.6) is 0 Å². The number of nitrogens with zero attached hydrogens (tertiary/aromatic N) is 2. The number of fused-ring (bicyclic) bond motifs is 1. The van der Waals surface area contributed by atoms with Crippen LogP contribution in [0.2, 0.25) is 0 Å². The van der Waals surface area contributed by atoms with Gasteiger partial charge in [0.15, 0.2) is 0 Å². The van der Waals surface area contributed by atoms with Crippen LogP contribution >= 0.6 is 0 Å². The lowest BCUT2D eigenvalue weighted by Gasteiger charge is -2.13. The van der Waals surface area contributed by atoms with Gasteiger partial charge in [0, 0.05) is 31.4 Å². The summed E-state index contributed by atoms with van der Waals surface area (Å²) in [6.07, 6.45) is 1.55. The molecule has 17 heavy (non-hydrogen) atoms. The quantitative estimate of drug-likeness (QED) is 0.810. The SMILES string of the molecule is CN(C)S(=O)(=O)c1ccc(N)c2cccnc12. The minimum Gasteiger partial charge on any atom is -0.398 e. The third kappa shape index (κ3) is 1.85. The number of hydrogen-bond donors (Lipinski definition) is 1. The van der Waals surface area contributed by atoms with E-state index < -0.39 is 10.0 Å². The Kier molecular flexibility index (Phi) is 2.76. The van der Waals surface area contributed by atoms with Crippen LogP contribution in [0.4, 0.5) is 5.69 Å². The summed E-state index contributed by atoms with van der Waals surface area (Å²) >= 11 is 0. The van der Waals surface area contributed by atoms with Crippen LogP contribution in [-0.2, 0) is 10.0 Å². The van der Waals surface area contributed by atoms with E-state index >= 15 is 0 Å². The van der Waals surface area contributed by atoms with Gasteiger partial charge in [0.1, 0.15) is 4.90 Å². The van der Waals surface area contributed by atoms with Crippen molar-refractivity contribution in [2.24, 2.45) is 0 Å². The summed E-state index contributed by atoms with van der Waals surface area (Å²) in [5, 5.41) is 0.649. The van der Waals surface area contributed by atoms with Crippen LogP contribution in [0, 0.1) is 0 Å². The van der Waals surface area contributed by atoms with Gasteiger partial charge < -0.3 is 5.73 Å². The van der Waals surface area contributed by atoms with Crippen molar-refractivity contribution in [2.75, 3.05) is 19.8 Å². The van der Waals surface area contributed by atoms with Crippen molar-refractivity contribution < 1.29 is 8.42 Å². The van der Waals surface area contributed by atoms with E-state index in [-0.39, 0.29) is 4.90 Å². The fourth-order valence-corrected chi connectivity index (χ4v) is 2.61. The zero-order valence-electron chi connectivity index (χ0n) is 9.58. The molecule has 2 N–H and O–H groups in total. The van der Waals surface area contributed by atoms with E-state index in [4.69, 9.17) is 5.73 Å². The van der Waals surface area contributed by atoms with Crippen LogP contribution < -0.4 is 5.73 Å². The average molecular weight is 251 g/mol. The Balaban J connectivity index is 2.86. The molecule has 0 saturated carbocycles. The number of sulfonamides is 1. The summed E-state index contributed by atoms with van der Waals surface area (Å²) in [6.45, 7) is 0. The summed E-state index contributed by atoms with van der Waals surface area (Å²) in [5.74, 6) is 0. The lowest BCUT2D eigenvalue weighted by atomic mass is 10.2. The van der Waals surface area contributed by atoms with E-state index in [2.05, 4.69) is 4.98 Å². The topological polar surface area (TPSA) is 76.3 Å². The first-order chi connectivity index (χ1) is 7.94. The minimum absolute atomic E-state index is 0.173. The van der Waals surface area contributed by atoms with Gasteiger partial charge in [-0.2, -0.15) is 0 Å². The summed E-state index contributed by atoms with van der Waals surface area (Å²) in [6, 6.07) is 6.55. The molecule has 5 nitrogen and oxygen atoms in total. The van der Waals surface area contributed by atoms with E-state index in [0.29, 0.717) is 16.6 Å². The Labute approximate surface area is 99.9 Å². The maximum atomic E-state index is 12.1. The second kappa shape index (κ2) is 3.97. The Morgan fingerprint density at radius 2 is 1.94 bits per heavy atom. The summed E-state index contributed by atoms with van der Waals surface area (Å²) in [5.41, 5.74) is 6.72. The summed E-state index contributed by atoms with van der Waals surface area (Å²) in [4.78, 5) is 4.28. The normalized spacial score (nSPS) is 12.2. The maximum absolute atomic E-state index is 12.1. The molecular formula is C11H13N3O2S. The number of benzene rings is 1. The van der Waals surface area contributed by atoms with Gasteiger partial charge in [-0.15, -0.1) is 0 Å². The van der Waals surface area contributed by atoms with Gasteiger partial charge in [-0.1, -0.05) is 0 Å². The molecule has 2 aromatic rings. The third-order valence-electron chi connectivity index (χ3n) is 2.53. The maximum Gasteiger partial charge on any atom is 0.244 e. The zero-order chi connectivity index (χ0) is 12.6. The Morgan fingerprint density at radius 3 is 2.59 bits per heavy atom.